The average Bonchev–Trinajstić information content (AvgIpc) is 3.04. The highest BCUT2D eigenvalue weighted by molar-refractivity contribution is 5.91. The van der Waals surface area contributed by atoms with Gasteiger partial charge in [0.05, 0.1) is 12.6 Å². The number of ether oxygens (including phenoxy) is 1. The van der Waals surface area contributed by atoms with Crippen molar-refractivity contribution in [3.8, 4) is 0 Å². The Morgan fingerprint density at radius 2 is 1.97 bits per heavy atom. The second-order valence-electron chi connectivity index (χ2n) is 11.7. The zero-order chi connectivity index (χ0) is 22.7. The summed E-state index contributed by atoms with van der Waals surface area (Å²) in [5.41, 5.74) is 1.33. The second-order valence-corrected chi connectivity index (χ2v) is 11.7. The lowest BCUT2D eigenvalue weighted by molar-refractivity contribution is -0.139. The van der Waals surface area contributed by atoms with E-state index >= 15 is 0 Å². The van der Waals surface area contributed by atoms with Gasteiger partial charge < -0.3 is 9.30 Å². The van der Waals surface area contributed by atoms with Crippen LogP contribution < -0.4 is 5.49 Å². The Hall–Kier alpha value is -1.49. The monoisotopic (exact) mass is 439 g/mol. The highest BCUT2D eigenvalue weighted by atomic mass is 16.5. The summed E-state index contributed by atoms with van der Waals surface area (Å²) in [6.07, 6.45) is 13.5. The smallest absolute Gasteiger partial charge is 0.161 e. The standard InChI is InChI=1S/C27H41N3O2/c1-5-32-16-18-15-30(17(2)29-25(18)28)23-14-22-20-10-9-19-8-6-7-12-26(19,3)21(20)11-13-27(22,4)24(23)31/h15,19-23,28H,5-14,16H2,1-4H3/t19?,20?,21?,22?,23-,26+,27-/m1/s1. The average molecular weight is 440 g/mol. The molecule has 0 spiro atoms. The Bertz CT molecular complexity index is 955. The number of rotatable bonds is 4. The summed E-state index contributed by atoms with van der Waals surface area (Å²) in [5.74, 6) is 4.05. The van der Waals surface area contributed by atoms with Crippen molar-refractivity contribution in [1.29, 1.82) is 5.41 Å². The van der Waals surface area contributed by atoms with Crippen LogP contribution in [0.15, 0.2) is 6.20 Å². The van der Waals surface area contributed by atoms with Gasteiger partial charge in [-0.25, -0.2) is 4.98 Å². The van der Waals surface area contributed by atoms with Gasteiger partial charge in [0.2, 0.25) is 0 Å². The number of nitrogens with one attached hydrogen (secondary N) is 1. The van der Waals surface area contributed by atoms with Gasteiger partial charge in [0, 0.05) is 23.8 Å². The molecule has 1 heterocycles. The maximum atomic E-state index is 13.9. The van der Waals surface area contributed by atoms with Crippen LogP contribution in [0.25, 0.3) is 0 Å². The third-order valence-electron chi connectivity index (χ3n) is 10.4. The Morgan fingerprint density at radius 3 is 2.75 bits per heavy atom. The summed E-state index contributed by atoms with van der Waals surface area (Å²) < 4.78 is 7.66. The van der Waals surface area contributed by atoms with E-state index in [0.29, 0.717) is 36.2 Å². The van der Waals surface area contributed by atoms with Crippen LogP contribution >= 0.6 is 0 Å². The van der Waals surface area contributed by atoms with Gasteiger partial charge in [-0.05, 0) is 87.9 Å². The van der Waals surface area contributed by atoms with Crippen molar-refractivity contribution in [2.24, 2.45) is 34.5 Å². The highest BCUT2D eigenvalue weighted by Crippen LogP contribution is 2.66. The van der Waals surface area contributed by atoms with E-state index in [2.05, 4.69) is 23.4 Å². The third-order valence-corrected chi connectivity index (χ3v) is 10.4. The van der Waals surface area contributed by atoms with E-state index in [1.165, 1.54) is 44.9 Å². The Balaban J connectivity index is 1.47. The molecule has 0 aromatic carbocycles. The zero-order valence-electron chi connectivity index (χ0n) is 20.5. The molecule has 0 saturated heterocycles. The molecule has 0 radical (unpaired) electrons. The summed E-state index contributed by atoms with van der Waals surface area (Å²) >= 11 is 0. The van der Waals surface area contributed by atoms with Gasteiger partial charge >= 0.3 is 0 Å². The quantitative estimate of drug-likeness (QED) is 0.687. The molecule has 4 saturated carbocycles. The number of fused-ring (bicyclic) bond motifs is 5. The fourth-order valence-corrected chi connectivity index (χ4v) is 8.57. The minimum atomic E-state index is -0.206. The molecule has 4 aliphatic carbocycles. The number of aromatic nitrogens is 2. The van der Waals surface area contributed by atoms with Crippen LogP contribution in [-0.4, -0.2) is 21.9 Å². The summed E-state index contributed by atoms with van der Waals surface area (Å²) in [4.78, 5) is 18.4. The van der Waals surface area contributed by atoms with Crippen LogP contribution in [0.5, 0.6) is 0 Å². The molecular formula is C27H41N3O2. The van der Waals surface area contributed by atoms with Crippen molar-refractivity contribution in [3.05, 3.63) is 23.1 Å². The molecule has 0 bridgehead atoms. The van der Waals surface area contributed by atoms with E-state index in [4.69, 9.17) is 10.1 Å². The Morgan fingerprint density at radius 1 is 1.16 bits per heavy atom. The SMILES string of the molecule is CCOCc1cn([C@@H]2CC3C4CCC5CCCC[C@]5(C)C4CC[C@@]3(C)C2=O)c(C)nc1=N. The first kappa shape index (κ1) is 22.3. The number of hydrogen-bond acceptors (Lipinski definition) is 4. The second kappa shape index (κ2) is 8.07. The van der Waals surface area contributed by atoms with Gasteiger partial charge in [0.1, 0.15) is 5.82 Å². The van der Waals surface area contributed by atoms with E-state index in [9.17, 15) is 4.79 Å². The van der Waals surface area contributed by atoms with Crippen LogP contribution in [0, 0.1) is 46.8 Å². The molecule has 4 aliphatic rings. The van der Waals surface area contributed by atoms with Crippen molar-refractivity contribution in [2.75, 3.05) is 6.61 Å². The fraction of sp³-hybridized carbons (Fsp3) is 0.815. The lowest BCUT2D eigenvalue weighted by Gasteiger charge is -2.59. The van der Waals surface area contributed by atoms with Gasteiger partial charge in [0.15, 0.2) is 11.3 Å². The molecule has 1 N–H and O–H groups in total. The van der Waals surface area contributed by atoms with Crippen LogP contribution in [0.3, 0.4) is 0 Å². The number of ketones is 1. The lowest BCUT2D eigenvalue weighted by Crippen LogP contribution is -2.52. The van der Waals surface area contributed by atoms with Gasteiger partial charge in [-0.2, -0.15) is 0 Å². The molecule has 32 heavy (non-hydrogen) atoms. The van der Waals surface area contributed by atoms with Gasteiger partial charge in [-0.1, -0.05) is 26.7 Å². The Labute approximate surface area is 192 Å². The van der Waals surface area contributed by atoms with Gasteiger partial charge in [0.25, 0.3) is 0 Å². The number of hydrogen-bond donors (Lipinski definition) is 1. The molecule has 5 heteroatoms. The highest BCUT2D eigenvalue weighted by Gasteiger charge is 2.62. The maximum Gasteiger partial charge on any atom is 0.161 e. The van der Waals surface area contributed by atoms with E-state index in [1.807, 2.05) is 20.0 Å². The first-order valence-corrected chi connectivity index (χ1v) is 13.0. The van der Waals surface area contributed by atoms with Crippen molar-refractivity contribution < 1.29 is 9.53 Å². The number of carbonyl (C=O) groups is 1. The number of carbonyl (C=O) groups excluding carboxylic acids is 1. The fourth-order valence-electron chi connectivity index (χ4n) is 8.57. The molecule has 5 nitrogen and oxygen atoms in total. The van der Waals surface area contributed by atoms with E-state index in [0.717, 1.165) is 36.1 Å². The number of nitrogens with zero attached hydrogens (tertiary/aromatic N) is 2. The first-order valence-electron chi connectivity index (χ1n) is 13.0. The van der Waals surface area contributed by atoms with Crippen molar-refractivity contribution in [1.82, 2.24) is 9.55 Å². The van der Waals surface area contributed by atoms with Crippen LogP contribution in [0.1, 0.15) is 96.0 Å². The van der Waals surface area contributed by atoms with Crippen molar-refractivity contribution >= 4 is 5.78 Å². The summed E-state index contributed by atoms with van der Waals surface area (Å²) in [5, 5.41) is 8.25. The van der Waals surface area contributed by atoms with Crippen LogP contribution in [0.4, 0.5) is 0 Å². The Kier molecular flexibility index (Phi) is 5.63. The molecule has 7 atom stereocenters. The molecule has 0 amide bonds. The largest absolute Gasteiger partial charge is 0.377 e. The molecule has 0 aliphatic heterocycles. The predicted molar refractivity (Wildman–Crippen MR) is 124 cm³/mol. The molecule has 1 aromatic heterocycles. The van der Waals surface area contributed by atoms with Crippen LogP contribution in [0.2, 0.25) is 0 Å². The lowest BCUT2D eigenvalue weighted by atomic mass is 9.45. The summed E-state index contributed by atoms with van der Waals surface area (Å²) in [6.45, 7) is 9.77. The minimum Gasteiger partial charge on any atom is -0.377 e. The molecule has 5 rings (SSSR count). The predicted octanol–water partition coefficient (Wildman–Crippen LogP) is 5.36. The van der Waals surface area contributed by atoms with E-state index in [-0.39, 0.29) is 16.9 Å². The third kappa shape index (κ3) is 3.25. The van der Waals surface area contributed by atoms with E-state index in [1.54, 1.807) is 0 Å². The topological polar surface area (TPSA) is 68.0 Å². The van der Waals surface area contributed by atoms with E-state index < -0.39 is 0 Å². The summed E-state index contributed by atoms with van der Waals surface area (Å²) in [7, 11) is 0. The molecule has 4 fully saturated rings. The van der Waals surface area contributed by atoms with Gasteiger partial charge in [-0.3, -0.25) is 10.2 Å². The van der Waals surface area contributed by atoms with Gasteiger partial charge in [-0.15, -0.1) is 0 Å². The normalized spacial score (nSPS) is 41.1. The molecular weight excluding hydrogens is 398 g/mol. The zero-order valence-corrected chi connectivity index (χ0v) is 20.5. The van der Waals surface area contributed by atoms with Crippen molar-refractivity contribution in [3.63, 3.8) is 0 Å². The minimum absolute atomic E-state index is 0.144. The maximum absolute atomic E-state index is 13.9. The molecule has 4 unspecified atom stereocenters. The molecule has 1 aromatic rings. The summed E-state index contributed by atoms with van der Waals surface area (Å²) in [6, 6.07) is -0.144. The molecule has 176 valence electrons. The van der Waals surface area contributed by atoms with Crippen LogP contribution in [-0.2, 0) is 16.1 Å². The first-order chi connectivity index (χ1) is 15.3. The number of Topliss-reactive ketones (excluding diaryl/α,β-unsaturated/α-hetero) is 1. The number of aryl methyl sites for hydroxylation is 1. The van der Waals surface area contributed by atoms with Crippen molar-refractivity contribution in [2.45, 2.75) is 98.1 Å².